The van der Waals surface area contributed by atoms with Crippen molar-refractivity contribution in [1.82, 2.24) is 0 Å². The van der Waals surface area contributed by atoms with Crippen LogP contribution in [-0.2, 0) is 28.6 Å². The van der Waals surface area contributed by atoms with Crippen molar-refractivity contribution in [3.05, 3.63) is 72.9 Å². The van der Waals surface area contributed by atoms with Crippen LogP contribution in [0.15, 0.2) is 72.9 Å². The van der Waals surface area contributed by atoms with Crippen LogP contribution in [0.5, 0.6) is 0 Å². The van der Waals surface area contributed by atoms with Gasteiger partial charge in [-0.3, -0.25) is 14.4 Å². The van der Waals surface area contributed by atoms with Crippen molar-refractivity contribution in [3.8, 4) is 0 Å². The molecule has 1 atom stereocenters. The van der Waals surface area contributed by atoms with E-state index in [0.717, 1.165) is 96.3 Å². The minimum absolute atomic E-state index is 0.0929. The quantitative estimate of drug-likeness (QED) is 0.0200. The zero-order chi connectivity index (χ0) is 44.4. The van der Waals surface area contributed by atoms with E-state index in [1.165, 1.54) is 103 Å². The summed E-state index contributed by atoms with van der Waals surface area (Å²) in [6.07, 6.45) is 61.6. The van der Waals surface area contributed by atoms with E-state index in [1.54, 1.807) is 0 Å². The van der Waals surface area contributed by atoms with Crippen LogP contribution >= 0.6 is 0 Å². The lowest BCUT2D eigenvalue weighted by Gasteiger charge is -2.18. The Labute approximate surface area is 376 Å². The van der Waals surface area contributed by atoms with Gasteiger partial charge in [-0.2, -0.15) is 0 Å². The lowest BCUT2D eigenvalue weighted by atomic mass is 10.1. The van der Waals surface area contributed by atoms with Gasteiger partial charge in [0.05, 0.1) is 0 Å². The molecule has 0 fully saturated rings. The van der Waals surface area contributed by atoms with Gasteiger partial charge in [0.15, 0.2) is 6.10 Å². The first-order valence-corrected chi connectivity index (χ1v) is 25.5. The standard InChI is InChI=1S/C55H94O6/c1-4-7-10-13-16-19-22-25-27-30-33-36-39-42-45-48-54(57)60-51-52(50-59-53(56)47-44-41-38-35-32-29-24-21-18-15-12-9-6-3)61-55(58)49-46-43-40-37-34-31-28-26-23-20-17-14-11-8-5-2/h7,10,13,16,19-20,22-23,25,27,29,32,52H,4-6,8-9,11-12,14-15,17-18,21,24,26,28,30-31,33-51H2,1-3H3/b10-7-,16-13-,22-19-,23-20-,27-25-,32-29-. The van der Waals surface area contributed by atoms with Crippen LogP contribution in [0.4, 0.5) is 0 Å². The normalized spacial score (nSPS) is 12.6. The molecule has 0 amide bonds. The molecule has 0 bridgehead atoms. The fourth-order valence-corrected chi connectivity index (χ4v) is 6.91. The van der Waals surface area contributed by atoms with Crippen molar-refractivity contribution in [2.45, 2.75) is 245 Å². The van der Waals surface area contributed by atoms with Crippen LogP contribution < -0.4 is 0 Å². The maximum atomic E-state index is 12.8. The summed E-state index contributed by atoms with van der Waals surface area (Å²) in [4.78, 5) is 37.9. The summed E-state index contributed by atoms with van der Waals surface area (Å²) in [5.41, 5.74) is 0. The van der Waals surface area contributed by atoms with Crippen LogP contribution in [0.25, 0.3) is 0 Å². The fraction of sp³-hybridized carbons (Fsp3) is 0.727. The minimum atomic E-state index is -0.792. The summed E-state index contributed by atoms with van der Waals surface area (Å²) in [6.45, 7) is 6.44. The van der Waals surface area contributed by atoms with E-state index in [9.17, 15) is 14.4 Å². The van der Waals surface area contributed by atoms with E-state index in [0.29, 0.717) is 19.3 Å². The molecule has 350 valence electrons. The smallest absolute Gasteiger partial charge is 0.306 e. The third kappa shape index (κ3) is 47.7. The summed E-state index contributed by atoms with van der Waals surface area (Å²) >= 11 is 0. The predicted molar refractivity (Wildman–Crippen MR) is 261 cm³/mol. The van der Waals surface area contributed by atoms with E-state index in [4.69, 9.17) is 14.2 Å². The third-order valence-corrected chi connectivity index (χ3v) is 10.8. The Morgan fingerprint density at radius 3 is 1.08 bits per heavy atom. The molecule has 1 unspecified atom stereocenters. The molecule has 0 radical (unpaired) electrons. The highest BCUT2D eigenvalue weighted by Gasteiger charge is 2.19. The first kappa shape index (κ1) is 57.9. The molecular formula is C55H94O6. The summed E-state index contributed by atoms with van der Waals surface area (Å²) in [6, 6.07) is 0. The van der Waals surface area contributed by atoms with E-state index < -0.39 is 6.10 Å². The highest BCUT2D eigenvalue weighted by Crippen LogP contribution is 2.14. The lowest BCUT2D eigenvalue weighted by Crippen LogP contribution is -2.30. The number of carbonyl (C=O) groups excluding carboxylic acids is 3. The molecule has 0 aromatic rings. The van der Waals surface area contributed by atoms with Gasteiger partial charge in [-0.25, -0.2) is 0 Å². The van der Waals surface area contributed by atoms with Crippen molar-refractivity contribution >= 4 is 17.9 Å². The molecule has 0 rings (SSSR count). The number of allylic oxidation sites excluding steroid dienone is 12. The summed E-state index contributed by atoms with van der Waals surface area (Å²) in [5.74, 6) is -0.935. The second kappa shape index (κ2) is 49.5. The van der Waals surface area contributed by atoms with Crippen LogP contribution in [-0.4, -0.2) is 37.2 Å². The molecule has 6 heteroatoms. The first-order chi connectivity index (χ1) is 30.0. The average Bonchev–Trinajstić information content (AvgIpc) is 3.26. The molecule has 0 saturated heterocycles. The van der Waals surface area contributed by atoms with Crippen LogP contribution in [0, 0.1) is 0 Å². The molecular weight excluding hydrogens is 757 g/mol. The molecule has 0 aromatic heterocycles. The second-order valence-electron chi connectivity index (χ2n) is 16.8. The van der Waals surface area contributed by atoms with E-state index in [-0.39, 0.29) is 31.1 Å². The number of hydrogen-bond acceptors (Lipinski definition) is 6. The van der Waals surface area contributed by atoms with Gasteiger partial charge in [0, 0.05) is 19.3 Å². The highest BCUT2D eigenvalue weighted by molar-refractivity contribution is 5.71. The average molecular weight is 851 g/mol. The SMILES string of the molecule is CC\C=C/C=C\C=C/C=C\CCCCCCCC(=O)OCC(COC(=O)CCCCC/C=C\CCCCCCCC)OC(=O)CCCCCCCCC/C=C\CCCCCC. The molecule has 6 nitrogen and oxygen atoms in total. The van der Waals surface area contributed by atoms with Gasteiger partial charge in [-0.15, -0.1) is 0 Å². The molecule has 0 N–H and O–H groups in total. The van der Waals surface area contributed by atoms with E-state index in [2.05, 4.69) is 75.5 Å². The van der Waals surface area contributed by atoms with E-state index in [1.807, 2.05) is 18.2 Å². The number of rotatable bonds is 45. The fourth-order valence-electron chi connectivity index (χ4n) is 6.91. The Morgan fingerprint density at radius 2 is 0.656 bits per heavy atom. The van der Waals surface area contributed by atoms with Gasteiger partial charge in [-0.05, 0) is 89.9 Å². The molecule has 0 aliphatic carbocycles. The Morgan fingerprint density at radius 1 is 0.344 bits per heavy atom. The number of carbonyl (C=O) groups is 3. The summed E-state index contributed by atoms with van der Waals surface area (Å²) in [7, 11) is 0. The zero-order valence-electron chi connectivity index (χ0n) is 39.9. The molecule has 0 aliphatic rings. The minimum Gasteiger partial charge on any atom is -0.462 e. The summed E-state index contributed by atoms with van der Waals surface area (Å²) in [5, 5.41) is 0. The number of unbranched alkanes of at least 4 members (excludes halogenated alkanes) is 25. The van der Waals surface area contributed by atoms with Gasteiger partial charge < -0.3 is 14.2 Å². The Hall–Kier alpha value is -3.15. The maximum absolute atomic E-state index is 12.8. The molecule has 61 heavy (non-hydrogen) atoms. The maximum Gasteiger partial charge on any atom is 0.306 e. The van der Waals surface area contributed by atoms with Gasteiger partial charge in [0.2, 0.25) is 0 Å². The van der Waals surface area contributed by atoms with Gasteiger partial charge in [-0.1, -0.05) is 203 Å². The van der Waals surface area contributed by atoms with Crippen molar-refractivity contribution in [1.29, 1.82) is 0 Å². The van der Waals surface area contributed by atoms with Gasteiger partial charge in [0.25, 0.3) is 0 Å². The molecule has 0 spiro atoms. The van der Waals surface area contributed by atoms with Crippen molar-refractivity contribution in [2.75, 3.05) is 13.2 Å². The van der Waals surface area contributed by atoms with Gasteiger partial charge in [0.1, 0.15) is 13.2 Å². The first-order valence-electron chi connectivity index (χ1n) is 25.5. The largest absolute Gasteiger partial charge is 0.462 e. The van der Waals surface area contributed by atoms with Crippen LogP contribution in [0.3, 0.4) is 0 Å². The molecule has 0 heterocycles. The monoisotopic (exact) mass is 851 g/mol. The number of ether oxygens (including phenoxy) is 3. The van der Waals surface area contributed by atoms with Crippen molar-refractivity contribution in [3.63, 3.8) is 0 Å². The third-order valence-electron chi connectivity index (χ3n) is 10.8. The van der Waals surface area contributed by atoms with Gasteiger partial charge >= 0.3 is 17.9 Å². The number of esters is 3. The highest BCUT2D eigenvalue weighted by atomic mass is 16.6. The molecule has 0 saturated carbocycles. The van der Waals surface area contributed by atoms with E-state index >= 15 is 0 Å². The Balaban J connectivity index is 4.45. The Bertz CT molecular complexity index is 1160. The summed E-state index contributed by atoms with van der Waals surface area (Å²) < 4.78 is 16.8. The molecule has 0 aromatic carbocycles. The van der Waals surface area contributed by atoms with Crippen molar-refractivity contribution in [2.24, 2.45) is 0 Å². The predicted octanol–water partition coefficient (Wildman–Crippen LogP) is 16.6. The lowest BCUT2D eigenvalue weighted by molar-refractivity contribution is -0.167. The Kier molecular flexibility index (Phi) is 46.9. The van der Waals surface area contributed by atoms with Crippen molar-refractivity contribution < 1.29 is 28.6 Å². The number of hydrogen-bond donors (Lipinski definition) is 0. The zero-order valence-corrected chi connectivity index (χ0v) is 39.9. The second-order valence-corrected chi connectivity index (χ2v) is 16.8. The van der Waals surface area contributed by atoms with Crippen LogP contribution in [0.2, 0.25) is 0 Å². The van der Waals surface area contributed by atoms with Crippen LogP contribution in [0.1, 0.15) is 239 Å². The topological polar surface area (TPSA) is 78.9 Å². The molecule has 0 aliphatic heterocycles.